The van der Waals surface area contributed by atoms with Crippen LogP contribution in [0.4, 0.5) is 0 Å². The van der Waals surface area contributed by atoms with Gasteiger partial charge in [-0.2, -0.15) is 15.3 Å². The molecule has 0 unspecified atom stereocenters. The molecule has 6 nitrogen and oxygen atoms in total. The van der Waals surface area contributed by atoms with Gasteiger partial charge in [-0.3, -0.25) is 0 Å². The van der Waals surface area contributed by atoms with Gasteiger partial charge in [-0.1, -0.05) is 23.2 Å². The molecule has 12 aliphatic carbocycles. The van der Waals surface area contributed by atoms with Crippen molar-refractivity contribution in [2.24, 2.45) is 53.3 Å². The zero-order valence-electron chi connectivity index (χ0n) is 31.7. The second kappa shape index (κ2) is 10.7. The van der Waals surface area contributed by atoms with Gasteiger partial charge in [-0.25, -0.2) is 14.0 Å². The van der Waals surface area contributed by atoms with Crippen LogP contribution in [0.1, 0.15) is 150 Å². The van der Waals surface area contributed by atoms with Crippen LogP contribution in [0.3, 0.4) is 0 Å². The second-order valence-electron chi connectivity index (χ2n) is 21.3. The molecule has 278 valence electrons. The van der Waals surface area contributed by atoms with Gasteiger partial charge >= 0.3 is 0 Å². The van der Waals surface area contributed by atoms with Gasteiger partial charge in [-0.15, -0.1) is 0 Å². The Bertz CT molecular complexity index is 1630. The van der Waals surface area contributed by atoms with Crippen LogP contribution in [0.5, 0.6) is 0 Å². The molecule has 0 N–H and O–H groups in total. The summed E-state index contributed by atoms with van der Waals surface area (Å²) in [7, 11) is 0. The maximum absolute atomic E-state index is 7.59. The summed E-state index contributed by atoms with van der Waals surface area (Å²) in [5.74, 6) is 6.48. The molecule has 3 heterocycles. The van der Waals surface area contributed by atoms with Crippen LogP contribution in [0.2, 0.25) is 0 Å². The lowest BCUT2D eigenvalue weighted by Crippen LogP contribution is -2.57. The van der Waals surface area contributed by atoms with E-state index in [1.165, 1.54) is 133 Å². The fraction of sp³-hybridized carbons (Fsp3) is 0.795. The van der Waals surface area contributed by atoms with E-state index in [1.807, 2.05) is 0 Å². The molecule has 0 atom stereocenters. The maximum Gasteiger partial charge on any atom is 0.280 e. The maximum atomic E-state index is 7.59. The van der Waals surface area contributed by atoms with Crippen LogP contribution < -0.4 is 0 Å². The Morgan fingerprint density at radius 1 is 0.462 bits per heavy atom. The van der Waals surface area contributed by atoms with Crippen LogP contribution in [0.15, 0.2) is 18.2 Å². The zero-order chi connectivity index (χ0) is 34.9. The molecular weight excluding hydrogens is 683 g/mol. The SMILES string of the molecule is Cc1cc(C23CC4CC(CC(C4)C2)C3)nn1C(C(Cl)Cl)(n1nc(C23CC4CC(CC(C4)C2)C3)cc1C)n1nc(C23CC4CC(CC(C4)C2)C3)cc1C. The topological polar surface area (TPSA) is 53.5 Å². The normalized spacial score (nSPS) is 44.8. The molecule has 52 heavy (non-hydrogen) atoms. The molecule has 12 bridgehead atoms. The van der Waals surface area contributed by atoms with E-state index in [0.29, 0.717) is 0 Å². The molecule has 0 amide bonds. The molecule has 15 rings (SSSR count). The van der Waals surface area contributed by atoms with E-state index in [0.717, 1.165) is 70.3 Å². The molecule has 12 fully saturated rings. The third kappa shape index (κ3) is 4.35. The van der Waals surface area contributed by atoms with E-state index in [1.54, 1.807) is 0 Å². The first kappa shape index (κ1) is 32.5. The van der Waals surface area contributed by atoms with Gasteiger partial charge in [0, 0.05) is 33.3 Å². The smallest absolute Gasteiger partial charge is 0.219 e. The van der Waals surface area contributed by atoms with Gasteiger partial charge in [0.1, 0.15) is 0 Å². The van der Waals surface area contributed by atoms with Gasteiger partial charge in [-0.05, 0) is 208 Å². The molecule has 0 aromatic carbocycles. The summed E-state index contributed by atoms with van der Waals surface area (Å²) in [6.45, 7) is 6.71. The number of aromatic nitrogens is 6. The highest BCUT2D eigenvalue weighted by Gasteiger charge is 2.58. The number of hydrogen-bond acceptors (Lipinski definition) is 3. The van der Waals surface area contributed by atoms with E-state index in [9.17, 15) is 0 Å². The van der Waals surface area contributed by atoms with Crippen molar-refractivity contribution < 1.29 is 0 Å². The van der Waals surface area contributed by atoms with Crippen LogP contribution in [0.25, 0.3) is 0 Å². The van der Waals surface area contributed by atoms with E-state index < -0.39 is 10.6 Å². The van der Waals surface area contributed by atoms with Crippen molar-refractivity contribution in [1.82, 2.24) is 29.3 Å². The minimum atomic E-state index is -1.16. The molecule has 0 aliphatic heterocycles. The predicted octanol–water partition coefficient (Wildman–Crippen LogP) is 10.1. The van der Waals surface area contributed by atoms with Crippen molar-refractivity contribution in [1.29, 1.82) is 0 Å². The minimum absolute atomic E-state index is 0.164. The standard InChI is InChI=1S/C44H58Cl2N6/c1-25-4-37(41-16-28-7-29(17-41)9-30(8-28)18-41)47-50(25)44(40(45)46,51-26(2)5-38(48-51)42-19-31-10-32(20-42)12-33(11-31)21-42)52-27(3)6-39(49-52)43-22-34-13-35(23-43)15-36(14-34)24-43/h4-6,28-36,40H,7-24H2,1-3H3. The number of aryl methyl sites for hydroxylation is 3. The number of alkyl halides is 2. The first-order valence-electron chi connectivity index (χ1n) is 21.5. The summed E-state index contributed by atoms with van der Waals surface area (Å²) in [6.07, 6.45) is 24.3. The third-order valence-corrected chi connectivity index (χ3v) is 18.2. The van der Waals surface area contributed by atoms with E-state index >= 15 is 0 Å². The Morgan fingerprint density at radius 2 is 0.673 bits per heavy atom. The van der Waals surface area contributed by atoms with Gasteiger partial charge in [0.2, 0.25) is 0 Å². The van der Waals surface area contributed by atoms with E-state index in [4.69, 9.17) is 38.5 Å². The van der Waals surface area contributed by atoms with Crippen molar-refractivity contribution in [3.05, 3.63) is 52.4 Å². The molecule has 12 saturated carbocycles. The summed E-state index contributed by atoms with van der Waals surface area (Å²) in [5.41, 5.74) is 7.60. The summed E-state index contributed by atoms with van der Waals surface area (Å²) in [5, 5.41) is 17.3. The molecule has 0 saturated heterocycles. The molecule has 3 aromatic heterocycles. The van der Waals surface area contributed by atoms with Gasteiger partial charge in [0.15, 0.2) is 4.84 Å². The van der Waals surface area contributed by atoms with Crippen molar-refractivity contribution in [3.8, 4) is 0 Å². The van der Waals surface area contributed by atoms with E-state index in [2.05, 4.69) is 53.0 Å². The number of rotatable bonds is 7. The average molecular weight is 742 g/mol. The molecule has 12 aliphatic rings. The Hall–Kier alpha value is -1.79. The molecule has 0 spiro atoms. The lowest BCUT2D eigenvalue weighted by Gasteiger charge is -2.56. The molecule has 8 heteroatoms. The fourth-order valence-corrected chi connectivity index (χ4v) is 17.6. The Morgan fingerprint density at radius 3 is 0.865 bits per heavy atom. The van der Waals surface area contributed by atoms with Crippen LogP contribution in [-0.2, 0) is 22.0 Å². The summed E-state index contributed by atoms with van der Waals surface area (Å²) in [6, 6.07) is 7.24. The van der Waals surface area contributed by atoms with Crippen molar-refractivity contribution in [2.45, 2.75) is 163 Å². The third-order valence-electron chi connectivity index (χ3n) is 17.6. The Labute approximate surface area is 320 Å². The fourth-order valence-electron chi connectivity index (χ4n) is 17.0. The van der Waals surface area contributed by atoms with Crippen LogP contribution in [-0.4, -0.2) is 34.2 Å². The van der Waals surface area contributed by atoms with Gasteiger partial charge < -0.3 is 0 Å². The summed E-state index contributed by atoms with van der Waals surface area (Å²) < 4.78 is 6.62. The second-order valence-corrected chi connectivity index (χ2v) is 22.4. The highest BCUT2D eigenvalue weighted by molar-refractivity contribution is 6.45. The largest absolute Gasteiger partial charge is 0.280 e. The monoisotopic (exact) mass is 740 g/mol. The van der Waals surface area contributed by atoms with E-state index in [-0.39, 0.29) is 16.2 Å². The van der Waals surface area contributed by atoms with Gasteiger partial charge in [0.25, 0.3) is 5.79 Å². The predicted molar refractivity (Wildman–Crippen MR) is 205 cm³/mol. The quantitative estimate of drug-likeness (QED) is 0.227. The number of nitrogens with zero attached hydrogens (tertiary/aromatic N) is 6. The first-order valence-corrected chi connectivity index (χ1v) is 22.4. The Balaban J connectivity index is 1.04. The van der Waals surface area contributed by atoms with Crippen LogP contribution in [0, 0.1) is 74.0 Å². The lowest BCUT2D eigenvalue weighted by molar-refractivity contribution is -0.00994. The Kier molecular flexibility index (Phi) is 6.70. The highest BCUT2D eigenvalue weighted by Crippen LogP contribution is 2.63. The minimum Gasteiger partial charge on any atom is -0.219 e. The van der Waals surface area contributed by atoms with Crippen molar-refractivity contribution in [3.63, 3.8) is 0 Å². The van der Waals surface area contributed by atoms with Crippen molar-refractivity contribution in [2.75, 3.05) is 0 Å². The number of hydrogen-bond donors (Lipinski definition) is 0. The zero-order valence-corrected chi connectivity index (χ0v) is 33.2. The number of halogens is 2. The summed E-state index contributed by atoms with van der Waals surface area (Å²) in [4.78, 5) is -0.874. The highest BCUT2D eigenvalue weighted by atomic mass is 35.5. The van der Waals surface area contributed by atoms with Gasteiger partial charge in [0.05, 0.1) is 17.1 Å². The average Bonchev–Trinajstić information content (AvgIpc) is 3.78. The molecular formula is C44H58Cl2N6. The molecule has 0 radical (unpaired) electrons. The van der Waals surface area contributed by atoms with Crippen molar-refractivity contribution >= 4 is 23.2 Å². The van der Waals surface area contributed by atoms with Crippen LogP contribution >= 0.6 is 23.2 Å². The first-order chi connectivity index (χ1) is 25.0. The molecule has 3 aromatic rings. The lowest BCUT2D eigenvalue weighted by atomic mass is 9.49. The summed E-state index contributed by atoms with van der Waals surface area (Å²) >= 11 is 15.2.